The lowest BCUT2D eigenvalue weighted by Crippen LogP contribution is -2.43. The molecule has 1 heteroatoms. The average molecular weight is 251 g/mol. The van der Waals surface area contributed by atoms with Crippen LogP contribution in [0, 0.1) is 11.3 Å². The van der Waals surface area contributed by atoms with E-state index in [0.29, 0.717) is 5.41 Å². The van der Waals surface area contributed by atoms with Crippen LogP contribution < -0.4 is 5.32 Å². The van der Waals surface area contributed by atoms with Gasteiger partial charge in [-0.05, 0) is 49.9 Å². The Balaban J connectivity index is 1.70. The van der Waals surface area contributed by atoms with Crippen LogP contribution in [-0.2, 0) is 0 Å². The Hall–Kier alpha value is -0.0400. The largest absolute Gasteiger partial charge is 0.313 e. The van der Waals surface area contributed by atoms with E-state index in [0.717, 1.165) is 12.0 Å². The van der Waals surface area contributed by atoms with Gasteiger partial charge < -0.3 is 5.32 Å². The van der Waals surface area contributed by atoms with Crippen molar-refractivity contribution < 1.29 is 0 Å². The molecule has 0 spiro atoms. The van der Waals surface area contributed by atoms with Crippen molar-refractivity contribution in [1.82, 2.24) is 5.32 Å². The molecule has 2 fully saturated rings. The summed E-state index contributed by atoms with van der Waals surface area (Å²) in [6.45, 7) is 6.01. The molecule has 0 bridgehead atoms. The molecule has 0 aromatic rings. The summed E-state index contributed by atoms with van der Waals surface area (Å²) >= 11 is 0. The maximum Gasteiger partial charge on any atom is 0.00673 e. The van der Waals surface area contributed by atoms with E-state index in [4.69, 9.17) is 0 Å². The zero-order valence-corrected chi connectivity index (χ0v) is 12.6. The fraction of sp³-hybridized carbons (Fsp3) is 1.00. The SMILES string of the molecule is CCCC1CCCC(NCC2(CC)CCC2)CC1. The molecule has 2 atom stereocenters. The molecule has 106 valence electrons. The minimum absolute atomic E-state index is 0.690. The molecular weight excluding hydrogens is 218 g/mol. The van der Waals surface area contributed by atoms with Crippen molar-refractivity contribution in [3.05, 3.63) is 0 Å². The molecule has 1 N–H and O–H groups in total. The summed E-state index contributed by atoms with van der Waals surface area (Å²) in [5.74, 6) is 1.03. The average Bonchev–Trinajstić information content (AvgIpc) is 2.55. The van der Waals surface area contributed by atoms with Crippen molar-refractivity contribution in [2.45, 2.75) is 90.5 Å². The molecule has 2 aliphatic carbocycles. The second kappa shape index (κ2) is 6.93. The van der Waals surface area contributed by atoms with Gasteiger partial charge in [0.1, 0.15) is 0 Å². The van der Waals surface area contributed by atoms with E-state index in [1.54, 1.807) is 0 Å². The third-order valence-corrected chi connectivity index (χ3v) is 5.72. The molecule has 18 heavy (non-hydrogen) atoms. The molecule has 0 heterocycles. The van der Waals surface area contributed by atoms with Gasteiger partial charge in [0.05, 0.1) is 0 Å². The van der Waals surface area contributed by atoms with E-state index in [1.807, 2.05) is 0 Å². The highest BCUT2D eigenvalue weighted by molar-refractivity contribution is 4.89. The van der Waals surface area contributed by atoms with Crippen LogP contribution in [0.5, 0.6) is 0 Å². The van der Waals surface area contributed by atoms with Crippen molar-refractivity contribution in [2.75, 3.05) is 6.54 Å². The Labute approximate surface area is 114 Å². The van der Waals surface area contributed by atoms with Gasteiger partial charge in [0, 0.05) is 12.6 Å². The highest BCUT2D eigenvalue weighted by atomic mass is 14.9. The Morgan fingerprint density at radius 1 is 1.00 bits per heavy atom. The number of hydrogen-bond donors (Lipinski definition) is 1. The van der Waals surface area contributed by atoms with E-state index in [-0.39, 0.29) is 0 Å². The zero-order chi connectivity index (χ0) is 12.8. The van der Waals surface area contributed by atoms with Gasteiger partial charge in [0.25, 0.3) is 0 Å². The summed E-state index contributed by atoms with van der Waals surface area (Å²) in [5, 5.41) is 3.92. The predicted molar refractivity (Wildman–Crippen MR) is 79.8 cm³/mol. The third kappa shape index (κ3) is 3.73. The van der Waals surface area contributed by atoms with Gasteiger partial charge in [0.2, 0.25) is 0 Å². The standard InChI is InChI=1S/C17H33N/c1-3-7-15-8-5-9-16(11-10-15)18-14-17(4-2)12-6-13-17/h15-16,18H,3-14H2,1-2H3. The fourth-order valence-corrected chi connectivity index (χ4v) is 3.97. The lowest BCUT2D eigenvalue weighted by atomic mass is 9.67. The summed E-state index contributed by atoms with van der Waals surface area (Å²) in [5.41, 5.74) is 0.690. The third-order valence-electron chi connectivity index (χ3n) is 5.72. The normalized spacial score (nSPS) is 31.7. The van der Waals surface area contributed by atoms with Crippen LogP contribution in [0.25, 0.3) is 0 Å². The monoisotopic (exact) mass is 251 g/mol. The summed E-state index contributed by atoms with van der Waals surface area (Å²) in [7, 11) is 0. The second-order valence-corrected chi connectivity index (χ2v) is 6.95. The van der Waals surface area contributed by atoms with Gasteiger partial charge in [0.15, 0.2) is 0 Å². The summed E-state index contributed by atoms with van der Waals surface area (Å²) in [6.07, 6.45) is 15.9. The number of nitrogens with one attached hydrogen (secondary N) is 1. The molecule has 0 aromatic carbocycles. The maximum absolute atomic E-state index is 3.92. The molecule has 0 saturated heterocycles. The highest BCUT2D eigenvalue weighted by Crippen LogP contribution is 2.43. The molecule has 2 saturated carbocycles. The Kier molecular flexibility index (Phi) is 5.54. The van der Waals surface area contributed by atoms with Crippen LogP contribution in [0.15, 0.2) is 0 Å². The van der Waals surface area contributed by atoms with Crippen LogP contribution in [0.1, 0.15) is 84.5 Å². The van der Waals surface area contributed by atoms with E-state index in [1.165, 1.54) is 77.2 Å². The molecule has 0 radical (unpaired) electrons. The zero-order valence-electron chi connectivity index (χ0n) is 12.6. The summed E-state index contributed by atoms with van der Waals surface area (Å²) in [4.78, 5) is 0. The van der Waals surface area contributed by atoms with Crippen molar-refractivity contribution in [2.24, 2.45) is 11.3 Å². The van der Waals surface area contributed by atoms with E-state index in [9.17, 15) is 0 Å². The molecule has 0 amide bonds. The maximum atomic E-state index is 3.92. The van der Waals surface area contributed by atoms with Crippen LogP contribution >= 0.6 is 0 Å². The van der Waals surface area contributed by atoms with Gasteiger partial charge in [-0.15, -0.1) is 0 Å². The first-order valence-electron chi connectivity index (χ1n) is 8.51. The molecule has 2 unspecified atom stereocenters. The summed E-state index contributed by atoms with van der Waals surface area (Å²) in [6, 6.07) is 0.830. The lowest BCUT2D eigenvalue weighted by Gasteiger charge is -2.42. The van der Waals surface area contributed by atoms with E-state index in [2.05, 4.69) is 19.2 Å². The van der Waals surface area contributed by atoms with Crippen molar-refractivity contribution in [3.8, 4) is 0 Å². The highest BCUT2D eigenvalue weighted by Gasteiger charge is 2.35. The minimum Gasteiger partial charge on any atom is -0.313 e. The van der Waals surface area contributed by atoms with Gasteiger partial charge in [-0.1, -0.05) is 46.0 Å². The predicted octanol–water partition coefficient (Wildman–Crippen LogP) is 4.91. The Morgan fingerprint density at radius 2 is 1.83 bits per heavy atom. The molecule has 2 aliphatic rings. The smallest absolute Gasteiger partial charge is 0.00673 e. The minimum atomic E-state index is 0.690. The molecule has 0 aliphatic heterocycles. The van der Waals surface area contributed by atoms with Crippen molar-refractivity contribution >= 4 is 0 Å². The lowest BCUT2D eigenvalue weighted by molar-refractivity contribution is 0.117. The fourth-order valence-electron chi connectivity index (χ4n) is 3.97. The van der Waals surface area contributed by atoms with Crippen molar-refractivity contribution in [1.29, 1.82) is 0 Å². The molecule has 1 nitrogen and oxygen atoms in total. The Morgan fingerprint density at radius 3 is 2.44 bits per heavy atom. The topological polar surface area (TPSA) is 12.0 Å². The molecule has 2 rings (SSSR count). The van der Waals surface area contributed by atoms with Crippen LogP contribution in [0.2, 0.25) is 0 Å². The van der Waals surface area contributed by atoms with Gasteiger partial charge in [-0.25, -0.2) is 0 Å². The van der Waals surface area contributed by atoms with Crippen LogP contribution in [-0.4, -0.2) is 12.6 Å². The van der Waals surface area contributed by atoms with E-state index < -0.39 is 0 Å². The molecular formula is C17H33N. The van der Waals surface area contributed by atoms with Crippen molar-refractivity contribution in [3.63, 3.8) is 0 Å². The summed E-state index contributed by atoms with van der Waals surface area (Å²) < 4.78 is 0. The first-order chi connectivity index (χ1) is 8.78. The first kappa shape index (κ1) is 14.4. The number of rotatable bonds is 6. The van der Waals surface area contributed by atoms with Gasteiger partial charge in [-0.2, -0.15) is 0 Å². The second-order valence-electron chi connectivity index (χ2n) is 6.95. The Bertz CT molecular complexity index is 226. The quantitative estimate of drug-likeness (QED) is 0.662. The van der Waals surface area contributed by atoms with Crippen LogP contribution in [0.4, 0.5) is 0 Å². The number of hydrogen-bond acceptors (Lipinski definition) is 1. The molecule has 0 aromatic heterocycles. The van der Waals surface area contributed by atoms with Gasteiger partial charge in [-0.3, -0.25) is 0 Å². The first-order valence-corrected chi connectivity index (χ1v) is 8.51. The van der Waals surface area contributed by atoms with E-state index >= 15 is 0 Å². The van der Waals surface area contributed by atoms with Gasteiger partial charge >= 0.3 is 0 Å². The van der Waals surface area contributed by atoms with Crippen LogP contribution in [0.3, 0.4) is 0 Å².